The van der Waals surface area contributed by atoms with Gasteiger partial charge in [-0.1, -0.05) is 19.8 Å². The number of thioether (sulfide) groups is 1. The van der Waals surface area contributed by atoms with E-state index in [1.165, 1.54) is 30.7 Å². The largest absolute Gasteiger partial charge is 0.395 e. The highest BCUT2D eigenvalue weighted by molar-refractivity contribution is 8.00. The average Bonchev–Trinajstić information content (AvgIpc) is 2.81. The third-order valence-electron chi connectivity index (χ3n) is 3.02. The summed E-state index contributed by atoms with van der Waals surface area (Å²) in [7, 11) is 1.99. The zero-order chi connectivity index (χ0) is 10.8. The maximum atomic E-state index is 6.09. The maximum Gasteiger partial charge on any atom is 0.117 e. The summed E-state index contributed by atoms with van der Waals surface area (Å²) in [6.07, 6.45) is 6.32. The van der Waals surface area contributed by atoms with Crippen LogP contribution in [0.2, 0.25) is 0 Å². The number of nitrogens with zero attached hydrogens (tertiary/aromatic N) is 2. The first-order valence-corrected chi connectivity index (χ1v) is 6.58. The molecule has 1 fully saturated rings. The fraction of sp³-hybridized carbons (Fsp3) is 0.727. The molecule has 3 nitrogen and oxygen atoms in total. The highest BCUT2D eigenvalue weighted by Crippen LogP contribution is 2.37. The molecule has 0 saturated heterocycles. The number of aryl methyl sites for hydroxylation is 2. The van der Waals surface area contributed by atoms with E-state index in [0.717, 1.165) is 23.1 Å². The van der Waals surface area contributed by atoms with Crippen molar-refractivity contribution in [2.45, 2.75) is 49.3 Å². The van der Waals surface area contributed by atoms with Gasteiger partial charge in [-0.2, -0.15) is 5.10 Å². The van der Waals surface area contributed by atoms with Crippen molar-refractivity contribution in [3.05, 3.63) is 5.69 Å². The van der Waals surface area contributed by atoms with Crippen molar-refractivity contribution >= 4 is 17.4 Å². The first-order valence-electron chi connectivity index (χ1n) is 5.70. The fourth-order valence-electron chi connectivity index (χ4n) is 2.14. The van der Waals surface area contributed by atoms with E-state index in [2.05, 4.69) is 12.0 Å². The summed E-state index contributed by atoms with van der Waals surface area (Å²) in [5.74, 6) is 0. The summed E-state index contributed by atoms with van der Waals surface area (Å²) < 4.78 is 1.94. The lowest BCUT2D eigenvalue weighted by Gasteiger charge is -2.09. The predicted octanol–water partition coefficient (Wildman–Crippen LogP) is 2.60. The van der Waals surface area contributed by atoms with Gasteiger partial charge in [0, 0.05) is 12.3 Å². The summed E-state index contributed by atoms with van der Waals surface area (Å²) in [5.41, 5.74) is 8.03. The van der Waals surface area contributed by atoms with Crippen LogP contribution in [0.3, 0.4) is 0 Å². The number of hydrogen-bond donors (Lipinski definition) is 1. The third-order valence-corrected chi connectivity index (χ3v) is 4.53. The van der Waals surface area contributed by atoms with Crippen LogP contribution in [0.1, 0.15) is 38.3 Å². The van der Waals surface area contributed by atoms with Gasteiger partial charge in [-0.15, -0.1) is 11.8 Å². The standard InChI is InChI=1S/C11H19N3S/c1-3-9-10(12)11(14(2)13-9)15-8-6-4-5-7-8/h8H,3-7,12H2,1-2H3. The molecule has 15 heavy (non-hydrogen) atoms. The molecule has 0 amide bonds. The maximum absolute atomic E-state index is 6.09. The van der Waals surface area contributed by atoms with Gasteiger partial charge >= 0.3 is 0 Å². The molecule has 0 atom stereocenters. The molecule has 0 bridgehead atoms. The van der Waals surface area contributed by atoms with E-state index in [4.69, 9.17) is 5.73 Å². The van der Waals surface area contributed by atoms with Gasteiger partial charge in [-0.05, 0) is 19.3 Å². The predicted molar refractivity (Wildman–Crippen MR) is 65.1 cm³/mol. The Hall–Kier alpha value is -0.640. The van der Waals surface area contributed by atoms with Gasteiger partial charge in [0.05, 0.1) is 11.4 Å². The van der Waals surface area contributed by atoms with Crippen LogP contribution in [-0.4, -0.2) is 15.0 Å². The van der Waals surface area contributed by atoms with Gasteiger partial charge in [-0.25, -0.2) is 0 Å². The zero-order valence-corrected chi connectivity index (χ0v) is 10.3. The molecule has 0 spiro atoms. The molecule has 1 saturated carbocycles. The molecule has 0 aliphatic heterocycles. The van der Waals surface area contributed by atoms with Gasteiger partial charge in [-0.3, -0.25) is 4.68 Å². The van der Waals surface area contributed by atoms with Crippen LogP contribution >= 0.6 is 11.8 Å². The van der Waals surface area contributed by atoms with Crippen molar-refractivity contribution in [2.75, 3.05) is 5.73 Å². The molecule has 0 radical (unpaired) electrons. The molecule has 1 aromatic heterocycles. The third kappa shape index (κ3) is 2.14. The Kier molecular flexibility index (Phi) is 3.24. The molecule has 1 heterocycles. The molecule has 84 valence electrons. The van der Waals surface area contributed by atoms with Crippen LogP contribution in [0.25, 0.3) is 0 Å². The second kappa shape index (κ2) is 4.47. The molecule has 0 aromatic carbocycles. The second-order valence-electron chi connectivity index (χ2n) is 4.17. The lowest BCUT2D eigenvalue weighted by molar-refractivity contribution is 0.685. The van der Waals surface area contributed by atoms with Crippen molar-refractivity contribution in [1.29, 1.82) is 0 Å². The van der Waals surface area contributed by atoms with Gasteiger partial charge < -0.3 is 5.73 Å². The Morgan fingerprint density at radius 3 is 2.67 bits per heavy atom. The van der Waals surface area contributed by atoms with E-state index < -0.39 is 0 Å². The van der Waals surface area contributed by atoms with Crippen LogP contribution < -0.4 is 5.73 Å². The molecule has 1 aromatic rings. The zero-order valence-electron chi connectivity index (χ0n) is 9.49. The highest BCUT2D eigenvalue weighted by Gasteiger charge is 2.20. The van der Waals surface area contributed by atoms with Crippen LogP contribution in [-0.2, 0) is 13.5 Å². The summed E-state index contributed by atoms with van der Waals surface area (Å²) in [6.45, 7) is 2.10. The summed E-state index contributed by atoms with van der Waals surface area (Å²) >= 11 is 1.92. The first kappa shape index (κ1) is 10.9. The normalized spacial score (nSPS) is 17.5. The number of anilines is 1. The van der Waals surface area contributed by atoms with Crippen LogP contribution in [0, 0.1) is 0 Å². The molecule has 2 rings (SSSR count). The van der Waals surface area contributed by atoms with Crippen molar-refractivity contribution in [3.8, 4) is 0 Å². The Morgan fingerprint density at radius 1 is 1.47 bits per heavy atom. The molecule has 0 unspecified atom stereocenters. The molecule has 1 aliphatic carbocycles. The van der Waals surface area contributed by atoms with Crippen LogP contribution in [0.4, 0.5) is 5.69 Å². The van der Waals surface area contributed by atoms with E-state index in [9.17, 15) is 0 Å². The Morgan fingerprint density at radius 2 is 2.13 bits per heavy atom. The minimum Gasteiger partial charge on any atom is -0.395 e. The van der Waals surface area contributed by atoms with Gasteiger partial charge in [0.25, 0.3) is 0 Å². The number of nitrogens with two attached hydrogens (primary N) is 1. The number of nitrogen functional groups attached to an aromatic ring is 1. The molecular formula is C11H19N3S. The van der Waals surface area contributed by atoms with Gasteiger partial charge in [0.2, 0.25) is 0 Å². The van der Waals surface area contributed by atoms with Crippen LogP contribution in [0.15, 0.2) is 5.03 Å². The van der Waals surface area contributed by atoms with Crippen LogP contribution in [0.5, 0.6) is 0 Å². The highest BCUT2D eigenvalue weighted by atomic mass is 32.2. The quantitative estimate of drug-likeness (QED) is 0.860. The van der Waals surface area contributed by atoms with Crippen molar-refractivity contribution in [1.82, 2.24) is 9.78 Å². The average molecular weight is 225 g/mol. The molecular weight excluding hydrogens is 206 g/mol. The molecule has 2 N–H and O–H groups in total. The minimum absolute atomic E-state index is 0.757. The molecule has 4 heteroatoms. The van der Waals surface area contributed by atoms with Gasteiger partial charge in [0.1, 0.15) is 5.03 Å². The number of aromatic nitrogens is 2. The topological polar surface area (TPSA) is 43.8 Å². The second-order valence-corrected chi connectivity index (χ2v) is 5.46. The number of hydrogen-bond acceptors (Lipinski definition) is 3. The monoisotopic (exact) mass is 225 g/mol. The SMILES string of the molecule is CCc1nn(C)c(SC2CCCC2)c1N. The van der Waals surface area contributed by atoms with Crippen molar-refractivity contribution in [3.63, 3.8) is 0 Å². The van der Waals surface area contributed by atoms with Gasteiger partial charge in [0.15, 0.2) is 0 Å². The first-order chi connectivity index (χ1) is 7.22. The summed E-state index contributed by atoms with van der Waals surface area (Å²) in [5, 5.41) is 6.36. The molecule has 1 aliphatic rings. The summed E-state index contributed by atoms with van der Waals surface area (Å²) in [6, 6.07) is 0. The number of rotatable bonds is 3. The Bertz CT molecular complexity index is 340. The van der Waals surface area contributed by atoms with E-state index >= 15 is 0 Å². The fourth-order valence-corrected chi connectivity index (χ4v) is 3.47. The van der Waals surface area contributed by atoms with E-state index in [1.54, 1.807) is 0 Å². The summed E-state index contributed by atoms with van der Waals surface area (Å²) in [4.78, 5) is 0. The van der Waals surface area contributed by atoms with E-state index in [0.29, 0.717) is 0 Å². The van der Waals surface area contributed by atoms with Crippen molar-refractivity contribution in [2.24, 2.45) is 7.05 Å². The lowest BCUT2D eigenvalue weighted by Crippen LogP contribution is -2.00. The Labute approximate surface area is 95.4 Å². The smallest absolute Gasteiger partial charge is 0.117 e. The lowest BCUT2D eigenvalue weighted by atomic mass is 10.3. The van der Waals surface area contributed by atoms with E-state index in [1.807, 2.05) is 23.5 Å². The van der Waals surface area contributed by atoms with Crippen molar-refractivity contribution < 1.29 is 0 Å². The Balaban J connectivity index is 2.15. The van der Waals surface area contributed by atoms with E-state index in [-0.39, 0.29) is 0 Å². The minimum atomic E-state index is 0.757.